The summed E-state index contributed by atoms with van der Waals surface area (Å²) in [6, 6.07) is 14.9. The average Bonchev–Trinajstić information content (AvgIpc) is 3.09. The first-order valence-electron chi connectivity index (χ1n) is 7.28. The third-order valence-electron chi connectivity index (χ3n) is 3.49. The quantitative estimate of drug-likeness (QED) is 0.502. The molecule has 2 aromatic carbocycles. The van der Waals surface area contributed by atoms with Gasteiger partial charge in [0.25, 0.3) is 0 Å². The zero-order valence-corrected chi connectivity index (χ0v) is 15.5. The van der Waals surface area contributed by atoms with Gasteiger partial charge in [0.05, 0.1) is 23.4 Å². The zero-order chi connectivity index (χ0) is 17.8. The van der Waals surface area contributed by atoms with E-state index in [0.29, 0.717) is 20.6 Å². The van der Waals surface area contributed by atoms with Crippen LogP contribution >= 0.6 is 34.5 Å². The van der Waals surface area contributed by atoms with Crippen LogP contribution in [0.2, 0.25) is 10.0 Å². The van der Waals surface area contributed by atoms with E-state index >= 15 is 0 Å². The van der Waals surface area contributed by atoms with E-state index in [1.165, 1.54) is 11.3 Å². The first kappa shape index (κ1) is 17.5. The lowest BCUT2D eigenvalue weighted by molar-refractivity contribution is 0.415. The molecule has 124 valence electrons. The van der Waals surface area contributed by atoms with Gasteiger partial charge in [0.1, 0.15) is 16.8 Å². The fourth-order valence-corrected chi connectivity index (χ4v) is 3.52. The summed E-state index contributed by atoms with van der Waals surface area (Å²) in [5.74, 6) is 0.768. The molecule has 3 aromatic rings. The van der Waals surface area contributed by atoms with Gasteiger partial charge >= 0.3 is 0 Å². The highest BCUT2D eigenvalue weighted by Crippen LogP contribution is 2.33. The highest BCUT2D eigenvalue weighted by molar-refractivity contribution is 7.11. The molecule has 3 rings (SSSR count). The number of nitrogens with zero attached hydrogens (tertiary/aromatic N) is 2. The number of hydrogen-bond donors (Lipinski definition) is 0. The Morgan fingerprint density at radius 1 is 1.20 bits per heavy atom. The fraction of sp³-hybridized carbons (Fsp3) is 0.0526. The lowest BCUT2D eigenvalue weighted by Gasteiger charge is -2.01. The SMILES string of the molecule is COc1ccc(C=C(C#N)c2nc(-c3ccc(Cl)cc3Cl)cs2)cc1. The molecule has 0 radical (unpaired) electrons. The standard InChI is InChI=1S/C19H12Cl2N2OS/c1-24-15-5-2-12(3-6-15)8-13(10-22)19-23-18(11-25-19)16-7-4-14(20)9-17(16)21/h2-9,11H,1H3. The van der Waals surface area contributed by atoms with E-state index < -0.39 is 0 Å². The van der Waals surface area contributed by atoms with E-state index in [1.54, 1.807) is 25.3 Å². The highest BCUT2D eigenvalue weighted by atomic mass is 35.5. The minimum Gasteiger partial charge on any atom is -0.497 e. The van der Waals surface area contributed by atoms with Crippen molar-refractivity contribution in [2.24, 2.45) is 0 Å². The summed E-state index contributed by atoms with van der Waals surface area (Å²) < 4.78 is 5.14. The lowest BCUT2D eigenvalue weighted by Crippen LogP contribution is -1.85. The molecule has 0 fully saturated rings. The van der Waals surface area contributed by atoms with Gasteiger partial charge in [-0.05, 0) is 42.0 Å². The highest BCUT2D eigenvalue weighted by Gasteiger charge is 2.12. The lowest BCUT2D eigenvalue weighted by atomic mass is 10.1. The number of benzene rings is 2. The number of aromatic nitrogens is 1. The summed E-state index contributed by atoms with van der Waals surface area (Å²) in [6.07, 6.45) is 1.80. The van der Waals surface area contributed by atoms with Crippen molar-refractivity contribution in [3.05, 3.63) is 68.5 Å². The predicted octanol–water partition coefficient (Wildman–Crippen LogP) is 6.19. The largest absolute Gasteiger partial charge is 0.497 e. The van der Waals surface area contributed by atoms with E-state index in [1.807, 2.05) is 35.7 Å². The van der Waals surface area contributed by atoms with E-state index in [0.717, 1.165) is 22.6 Å². The third-order valence-corrected chi connectivity index (χ3v) is 4.91. The molecule has 0 bridgehead atoms. The molecular formula is C19H12Cl2N2OS. The van der Waals surface area contributed by atoms with Gasteiger partial charge in [-0.2, -0.15) is 5.26 Å². The first-order chi connectivity index (χ1) is 12.1. The molecule has 0 atom stereocenters. The number of hydrogen-bond acceptors (Lipinski definition) is 4. The molecular weight excluding hydrogens is 375 g/mol. The molecule has 0 saturated carbocycles. The van der Waals surface area contributed by atoms with Crippen LogP contribution in [0.5, 0.6) is 5.75 Å². The Morgan fingerprint density at radius 3 is 2.60 bits per heavy atom. The zero-order valence-electron chi connectivity index (χ0n) is 13.2. The van der Waals surface area contributed by atoms with Crippen molar-refractivity contribution in [2.45, 2.75) is 0 Å². The van der Waals surface area contributed by atoms with Crippen molar-refractivity contribution in [3.8, 4) is 23.1 Å². The molecule has 1 heterocycles. The summed E-state index contributed by atoms with van der Waals surface area (Å²) in [6.45, 7) is 0. The second-order valence-electron chi connectivity index (χ2n) is 5.11. The maximum absolute atomic E-state index is 9.49. The van der Waals surface area contributed by atoms with E-state index in [-0.39, 0.29) is 0 Å². The number of nitriles is 1. The van der Waals surface area contributed by atoms with Crippen LogP contribution < -0.4 is 4.74 Å². The van der Waals surface area contributed by atoms with Crippen LogP contribution in [0.4, 0.5) is 0 Å². The maximum atomic E-state index is 9.49. The minimum absolute atomic E-state index is 0.492. The van der Waals surface area contributed by atoms with Crippen LogP contribution in [-0.4, -0.2) is 12.1 Å². The molecule has 0 aliphatic rings. The van der Waals surface area contributed by atoms with E-state index in [2.05, 4.69) is 11.1 Å². The minimum atomic E-state index is 0.492. The summed E-state index contributed by atoms with van der Waals surface area (Å²) in [5, 5.41) is 13.1. The summed E-state index contributed by atoms with van der Waals surface area (Å²) in [5.41, 5.74) is 2.90. The average molecular weight is 387 g/mol. The van der Waals surface area contributed by atoms with Crippen molar-refractivity contribution in [3.63, 3.8) is 0 Å². The smallest absolute Gasteiger partial charge is 0.134 e. The number of thiazole rings is 1. The van der Waals surface area contributed by atoms with Gasteiger partial charge in [-0.15, -0.1) is 11.3 Å². The maximum Gasteiger partial charge on any atom is 0.134 e. The molecule has 3 nitrogen and oxygen atoms in total. The molecule has 0 saturated heterocycles. The van der Waals surface area contributed by atoms with Gasteiger partial charge in [0.2, 0.25) is 0 Å². The molecule has 25 heavy (non-hydrogen) atoms. The summed E-state index contributed by atoms with van der Waals surface area (Å²) in [7, 11) is 1.62. The first-order valence-corrected chi connectivity index (χ1v) is 8.91. The van der Waals surface area contributed by atoms with E-state index in [4.69, 9.17) is 27.9 Å². The molecule has 0 spiro atoms. The van der Waals surface area contributed by atoms with Crippen molar-refractivity contribution < 1.29 is 4.74 Å². The topological polar surface area (TPSA) is 45.9 Å². The fourth-order valence-electron chi connectivity index (χ4n) is 2.23. The second-order valence-corrected chi connectivity index (χ2v) is 6.81. The number of rotatable bonds is 4. The van der Waals surface area contributed by atoms with Crippen LogP contribution in [0, 0.1) is 11.3 Å². The Balaban J connectivity index is 1.93. The Labute approximate surface area is 159 Å². The van der Waals surface area contributed by atoms with Gasteiger partial charge in [0.15, 0.2) is 0 Å². The monoisotopic (exact) mass is 386 g/mol. The molecule has 0 unspecified atom stereocenters. The molecule has 0 N–H and O–H groups in total. The number of allylic oxidation sites excluding steroid dienone is 1. The van der Waals surface area contributed by atoms with Gasteiger partial charge in [-0.1, -0.05) is 35.3 Å². The molecule has 0 amide bonds. The van der Waals surface area contributed by atoms with Crippen LogP contribution in [0.25, 0.3) is 22.9 Å². The number of ether oxygens (including phenoxy) is 1. The Morgan fingerprint density at radius 2 is 1.96 bits per heavy atom. The van der Waals surface area contributed by atoms with Crippen molar-refractivity contribution >= 4 is 46.2 Å². The molecule has 0 aliphatic heterocycles. The second kappa shape index (κ2) is 7.71. The van der Waals surface area contributed by atoms with Gasteiger partial charge in [0, 0.05) is 16.0 Å². The van der Waals surface area contributed by atoms with Crippen molar-refractivity contribution in [1.82, 2.24) is 4.98 Å². The van der Waals surface area contributed by atoms with Crippen LogP contribution in [0.1, 0.15) is 10.6 Å². The van der Waals surface area contributed by atoms with Crippen molar-refractivity contribution in [1.29, 1.82) is 5.26 Å². The van der Waals surface area contributed by atoms with Crippen LogP contribution in [0.3, 0.4) is 0 Å². The van der Waals surface area contributed by atoms with Crippen LogP contribution in [0.15, 0.2) is 47.8 Å². The Bertz CT molecular complexity index is 972. The normalized spacial score (nSPS) is 11.2. The van der Waals surface area contributed by atoms with Gasteiger partial charge in [-0.25, -0.2) is 4.98 Å². The van der Waals surface area contributed by atoms with Gasteiger partial charge < -0.3 is 4.74 Å². The van der Waals surface area contributed by atoms with Gasteiger partial charge in [-0.3, -0.25) is 0 Å². The summed E-state index contributed by atoms with van der Waals surface area (Å²) >= 11 is 13.6. The Hall–Kier alpha value is -2.32. The molecule has 6 heteroatoms. The Kier molecular flexibility index (Phi) is 5.40. The van der Waals surface area contributed by atoms with Crippen LogP contribution in [-0.2, 0) is 0 Å². The summed E-state index contributed by atoms with van der Waals surface area (Å²) in [4.78, 5) is 4.55. The predicted molar refractivity (Wildman–Crippen MR) is 104 cm³/mol. The molecule has 1 aromatic heterocycles. The molecule has 0 aliphatic carbocycles. The third kappa shape index (κ3) is 4.02. The number of halogens is 2. The van der Waals surface area contributed by atoms with E-state index in [9.17, 15) is 5.26 Å². The number of methoxy groups -OCH3 is 1. The van der Waals surface area contributed by atoms with Crippen molar-refractivity contribution in [2.75, 3.05) is 7.11 Å².